The van der Waals surface area contributed by atoms with Crippen LogP contribution in [0.5, 0.6) is 0 Å². The van der Waals surface area contributed by atoms with Crippen LogP contribution in [0.4, 0.5) is 0 Å². The summed E-state index contributed by atoms with van der Waals surface area (Å²) >= 11 is 0. The third-order valence-corrected chi connectivity index (χ3v) is 3.30. The second-order valence-corrected chi connectivity index (χ2v) is 5.01. The number of hydrogen-bond donors (Lipinski definition) is 2. The number of hydrogen-bond acceptors (Lipinski definition) is 5. The molecule has 0 aromatic rings. The van der Waals surface area contributed by atoms with E-state index in [0.29, 0.717) is 0 Å². The molecule has 106 valence electrons. The van der Waals surface area contributed by atoms with E-state index >= 15 is 0 Å². The van der Waals surface area contributed by atoms with Gasteiger partial charge in [-0.3, -0.25) is 0 Å². The molecule has 0 amide bonds. The van der Waals surface area contributed by atoms with Gasteiger partial charge in [-0.05, 0) is 32.3 Å². The fourth-order valence-electron chi connectivity index (χ4n) is 2.14. The van der Waals surface area contributed by atoms with Crippen LogP contribution in [0.15, 0.2) is 24.3 Å². The summed E-state index contributed by atoms with van der Waals surface area (Å²) in [6.07, 6.45) is 6.02. The van der Waals surface area contributed by atoms with Crippen molar-refractivity contribution in [3.05, 3.63) is 24.3 Å². The number of fused-ring (bicyclic) bond motifs is 1. The number of aliphatic hydroxyl groups is 2. The molecule has 0 radical (unpaired) electrons. The summed E-state index contributed by atoms with van der Waals surface area (Å²) < 4.78 is 10.4. The number of ether oxygens (including phenoxy) is 2. The van der Waals surface area contributed by atoms with Gasteiger partial charge in [0.2, 0.25) is 0 Å². The zero-order chi connectivity index (χ0) is 13.8. The molecule has 2 rings (SSSR count). The van der Waals surface area contributed by atoms with Gasteiger partial charge in [-0.25, -0.2) is 4.79 Å². The minimum atomic E-state index is -0.904. The fourth-order valence-corrected chi connectivity index (χ4v) is 2.14. The van der Waals surface area contributed by atoms with E-state index in [2.05, 4.69) is 0 Å². The molecule has 0 bridgehead atoms. The SMILES string of the molecule is C[C@H]1CCC/C=C\[C@H](O)[C@H]2O[C@H]2[C@H](O)/C=C/C(=O)O1. The van der Waals surface area contributed by atoms with Gasteiger partial charge in [0, 0.05) is 6.08 Å². The highest BCUT2D eigenvalue weighted by atomic mass is 16.6. The molecule has 5 nitrogen and oxygen atoms in total. The molecule has 0 unspecified atom stereocenters. The Kier molecular flexibility index (Phi) is 4.74. The summed E-state index contributed by atoms with van der Waals surface area (Å²) in [4.78, 5) is 11.5. The molecule has 2 aliphatic rings. The Morgan fingerprint density at radius 3 is 2.63 bits per heavy atom. The highest BCUT2D eigenvalue weighted by Crippen LogP contribution is 2.30. The molecule has 0 aromatic carbocycles. The maximum atomic E-state index is 11.5. The molecule has 0 saturated carbocycles. The summed E-state index contributed by atoms with van der Waals surface area (Å²) in [5.41, 5.74) is 0. The molecule has 0 aromatic heterocycles. The third kappa shape index (κ3) is 4.16. The molecule has 19 heavy (non-hydrogen) atoms. The number of carbonyl (C=O) groups is 1. The predicted octanol–water partition coefficient (Wildman–Crippen LogP) is 0.704. The van der Waals surface area contributed by atoms with Gasteiger partial charge in [-0.2, -0.15) is 0 Å². The smallest absolute Gasteiger partial charge is 0.330 e. The van der Waals surface area contributed by atoms with Crippen LogP contribution in [0.3, 0.4) is 0 Å². The van der Waals surface area contributed by atoms with E-state index in [1.807, 2.05) is 13.0 Å². The lowest BCUT2D eigenvalue weighted by Crippen LogP contribution is -2.21. The van der Waals surface area contributed by atoms with Crippen LogP contribution in [-0.4, -0.2) is 46.7 Å². The summed E-state index contributed by atoms with van der Waals surface area (Å²) in [5.74, 6) is -0.461. The van der Waals surface area contributed by atoms with Crippen molar-refractivity contribution in [2.75, 3.05) is 0 Å². The first-order chi connectivity index (χ1) is 9.08. The normalized spacial score (nSPS) is 43.5. The minimum absolute atomic E-state index is 0.152. The molecular formula is C14H20O5. The topological polar surface area (TPSA) is 79.3 Å². The largest absolute Gasteiger partial charge is 0.460 e. The predicted molar refractivity (Wildman–Crippen MR) is 68.4 cm³/mol. The summed E-state index contributed by atoms with van der Waals surface area (Å²) in [6.45, 7) is 1.84. The fraction of sp³-hybridized carbons (Fsp3) is 0.643. The van der Waals surface area contributed by atoms with Crippen LogP contribution in [0.25, 0.3) is 0 Å². The number of rotatable bonds is 0. The number of epoxide rings is 1. The molecule has 2 N–H and O–H groups in total. The molecule has 5 heteroatoms. The van der Waals surface area contributed by atoms with E-state index in [-0.39, 0.29) is 6.10 Å². The van der Waals surface area contributed by atoms with Crippen molar-refractivity contribution in [3.8, 4) is 0 Å². The maximum absolute atomic E-state index is 11.5. The zero-order valence-electron chi connectivity index (χ0n) is 10.9. The lowest BCUT2D eigenvalue weighted by atomic mass is 10.1. The Hall–Kier alpha value is -1.17. The summed E-state index contributed by atoms with van der Waals surface area (Å²) in [7, 11) is 0. The molecule has 5 atom stereocenters. The van der Waals surface area contributed by atoms with Crippen molar-refractivity contribution >= 4 is 5.97 Å². The number of aliphatic hydroxyl groups excluding tert-OH is 2. The van der Waals surface area contributed by atoms with E-state index in [4.69, 9.17) is 9.47 Å². The number of esters is 1. The van der Waals surface area contributed by atoms with Crippen LogP contribution in [-0.2, 0) is 14.3 Å². The van der Waals surface area contributed by atoms with E-state index in [0.717, 1.165) is 19.3 Å². The molecule has 2 aliphatic heterocycles. The first-order valence-electron chi connectivity index (χ1n) is 6.65. The van der Waals surface area contributed by atoms with Crippen molar-refractivity contribution < 1.29 is 24.5 Å². The highest BCUT2D eigenvalue weighted by Gasteiger charge is 2.47. The monoisotopic (exact) mass is 268 g/mol. The number of cyclic esters (lactones) is 1. The van der Waals surface area contributed by atoms with Crippen molar-refractivity contribution in [1.29, 1.82) is 0 Å². The number of carbonyl (C=O) groups excluding carboxylic acids is 1. The average molecular weight is 268 g/mol. The molecule has 0 spiro atoms. The van der Waals surface area contributed by atoms with Gasteiger partial charge in [0.25, 0.3) is 0 Å². The maximum Gasteiger partial charge on any atom is 0.330 e. The van der Waals surface area contributed by atoms with Gasteiger partial charge in [0.15, 0.2) is 0 Å². The van der Waals surface area contributed by atoms with Crippen LogP contribution < -0.4 is 0 Å². The third-order valence-electron chi connectivity index (χ3n) is 3.30. The van der Waals surface area contributed by atoms with Crippen molar-refractivity contribution in [2.45, 2.75) is 56.7 Å². The first kappa shape index (κ1) is 14.2. The van der Waals surface area contributed by atoms with Crippen LogP contribution >= 0.6 is 0 Å². The molecule has 1 saturated heterocycles. The highest BCUT2D eigenvalue weighted by molar-refractivity contribution is 5.82. The second kappa shape index (κ2) is 6.32. The van der Waals surface area contributed by atoms with Crippen LogP contribution in [0, 0.1) is 0 Å². The molecule has 2 heterocycles. The Balaban J connectivity index is 2.00. The Morgan fingerprint density at radius 1 is 1.21 bits per heavy atom. The van der Waals surface area contributed by atoms with Gasteiger partial charge in [-0.15, -0.1) is 0 Å². The van der Waals surface area contributed by atoms with Crippen molar-refractivity contribution in [2.24, 2.45) is 0 Å². The minimum Gasteiger partial charge on any atom is -0.460 e. The molecule has 0 aliphatic carbocycles. The molecular weight excluding hydrogens is 248 g/mol. The summed E-state index contributed by atoms with van der Waals surface area (Å²) in [6, 6.07) is 0. The Morgan fingerprint density at radius 2 is 1.89 bits per heavy atom. The average Bonchev–Trinajstić information content (AvgIpc) is 3.14. The quantitative estimate of drug-likeness (QED) is 0.384. The van der Waals surface area contributed by atoms with E-state index in [9.17, 15) is 15.0 Å². The van der Waals surface area contributed by atoms with Gasteiger partial charge >= 0.3 is 5.97 Å². The Labute approximate surface area is 112 Å². The van der Waals surface area contributed by atoms with E-state index in [1.54, 1.807) is 6.08 Å². The van der Waals surface area contributed by atoms with Crippen LogP contribution in [0.1, 0.15) is 26.2 Å². The van der Waals surface area contributed by atoms with Crippen molar-refractivity contribution in [1.82, 2.24) is 0 Å². The standard InChI is InChI=1S/C14H20O5/c1-9-5-3-2-4-6-10(15)13-14(19-13)11(16)7-8-12(17)18-9/h4,6-11,13-16H,2-3,5H2,1H3/b6-4-,8-7+/t9-,10-,11+,13+,14-/m0/s1. The van der Waals surface area contributed by atoms with Crippen molar-refractivity contribution in [3.63, 3.8) is 0 Å². The number of allylic oxidation sites excluding steroid dienone is 1. The van der Waals surface area contributed by atoms with E-state index in [1.165, 1.54) is 12.2 Å². The Bertz CT molecular complexity index is 376. The van der Waals surface area contributed by atoms with Gasteiger partial charge in [0.1, 0.15) is 24.4 Å². The molecule has 1 fully saturated rings. The second-order valence-electron chi connectivity index (χ2n) is 5.01. The summed E-state index contributed by atoms with van der Waals surface area (Å²) in [5, 5.41) is 19.6. The first-order valence-corrected chi connectivity index (χ1v) is 6.65. The van der Waals surface area contributed by atoms with Gasteiger partial charge in [0.05, 0.1) is 6.10 Å². The van der Waals surface area contributed by atoms with Gasteiger partial charge < -0.3 is 19.7 Å². The van der Waals surface area contributed by atoms with E-state index < -0.39 is 30.4 Å². The van der Waals surface area contributed by atoms with Gasteiger partial charge in [-0.1, -0.05) is 12.2 Å². The zero-order valence-corrected chi connectivity index (χ0v) is 10.9. The lowest BCUT2D eigenvalue weighted by molar-refractivity contribution is -0.142. The lowest BCUT2D eigenvalue weighted by Gasteiger charge is -2.11. The van der Waals surface area contributed by atoms with Crippen LogP contribution in [0.2, 0.25) is 0 Å².